The van der Waals surface area contributed by atoms with Gasteiger partial charge in [0.1, 0.15) is 0 Å². The second-order valence-electron chi connectivity index (χ2n) is 5.81. The van der Waals surface area contributed by atoms with Crippen molar-refractivity contribution in [1.29, 1.82) is 0 Å². The Kier molecular flexibility index (Phi) is 6.09. The molecule has 0 fully saturated rings. The largest absolute Gasteiger partial charge is 0.349 e. The van der Waals surface area contributed by atoms with Gasteiger partial charge in [-0.15, -0.1) is 0 Å². The number of nitrogens with one attached hydrogen (secondary N) is 2. The predicted molar refractivity (Wildman–Crippen MR) is 95.6 cm³/mol. The zero-order valence-electron chi connectivity index (χ0n) is 14.0. The lowest BCUT2D eigenvalue weighted by atomic mass is 10.1. The van der Waals surface area contributed by atoms with E-state index in [1.807, 2.05) is 49.4 Å². The van der Waals surface area contributed by atoms with Gasteiger partial charge in [0.15, 0.2) is 0 Å². The molecule has 0 spiro atoms. The molecular weight excluding hydrogens is 302 g/mol. The number of anilines is 1. The zero-order valence-corrected chi connectivity index (χ0v) is 14.0. The van der Waals surface area contributed by atoms with E-state index in [1.165, 1.54) is 0 Å². The van der Waals surface area contributed by atoms with Crippen molar-refractivity contribution in [2.45, 2.75) is 19.9 Å². The Labute approximate surface area is 142 Å². The average molecular weight is 325 g/mol. The maximum Gasteiger partial charge on any atom is 0.255 e. The lowest BCUT2D eigenvalue weighted by Gasteiger charge is -2.18. The van der Waals surface area contributed by atoms with Crippen LogP contribution in [0.3, 0.4) is 0 Å². The molecule has 0 saturated carbocycles. The highest BCUT2D eigenvalue weighted by atomic mass is 16.2. The quantitative estimate of drug-likeness (QED) is 0.763. The summed E-state index contributed by atoms with van der Waals surface area (Å²) in [5.74, 6) is -0.474. The van der Waals surface area contributed by atoms with Crippen molar-refractivity contribution in [3.63, 3.8) is 0 Å². The highest BCUT2D eigenvalue weighted by Gasteiger charge is 2.15. The summed E-state index contributed by atoms with van der Waals surface area (Å²) >= 11 is 0. The van der Waals surface area contributed by atoms with Crippen molar-refractivity contribution in [3.8, 4) is 0 Å². The molecule has 0 aliphatic carbocycles. The molecule has 0 heterocycles. The minimum Gasteiger partial charge on any atom is -0.349 e. The fraction of sp³-hybridized carbons (Fsp3) is 0.263. The Morgan fingerprint density at radius 3 is 2.42 bits per heavy atom. The summed E-state index contributed by atoms with van der Waals surface area (Å²) < 4.78 is 0. The number of amides is 2. The van der Waals surface area contributed by atoms with Gasteiger partial charge < -0.3 is 16.4 Å². The highest BCUT2D eigenvalue weighted by Crippen LogP contribution is 2.18. The van der Waals surface area contributed by atoms with Crippen LogP contribution < -0.4 is 16.4 Å². The van der Waals surface area contributed by atoms with Crippen LogP contribution in [0.1, 0.15) is 35.8 Å². The third kappa shape index (κ3) is 4.67. The second-order valence-corrected chi connectivity index (χ2v) is 5.81. The first-order valence-corrected chi connectivity index (χ1v) is 7.98. The van der Waals surface area contributed by atoms with Crippen molar-refractivity contribution in [2.75, 3.05) is 11.9 Å². The van der Waals surface area contributed by atoms with Gasteiger partial charge in [-0.2, -0.15) is 0 Å². The van der Waals surface area contributed by atoms with Crippen LogP contribution in [0.15, 0.2) is 54.6 Å². The molecule has 2 atom stereocenters. The van der Waals surface area contributed by atoms with Crippen LogP contribution in [0.2, 0.25) is 0 Å². The standard InChI is InChI=1S/C19H23N3O2/c1-13(12-20)18(23)21-14(2)16-9-6-10-17(11-16)22-19(24)15-7-4-3-5-8-15/h3-11,13-14H,12,20H2,1-2H3,(H,21,23)(H,22,24). The first-order chi connectivity index (χ1) is 11.5. The summed E-state index contributed by atoms with van der Waals surface area (Å²) in [7, 11) is 0. The van der Waals surface area contributed by atoms with Crippen LogP contribution in [0.25, 0.3) is 0 Å². The van der Waals surface area contributed by atoms with Crippen molar-refractivity contribution in [1.82, 2.24) is 5.32 Å². The minimum atomic E-state index is -0.228. The van der Waals surface area contributed by atoms with E-state index in [-0.39, 0.29) is 23.8 Å². The number of carbonyl (C=O) groups is 2. The fourth-order valence-corrected chi connectivity index (χ4v) is 2.22. The number of nitrogens with two attached hydrogens (primary N) is 1. The lowest BCUT2D eigenvalue weighted by molar-refractivity contribution is -0.124. The molecule has 24 heavy (non-hydrogen) atoms. The molecule has 0 radical (unpaired) electrons. The SMILES string of the molecule is CC(CN)C(=O)NC(C)c1cccc(NC(=O)c2ccccc2)c1. The lowest BCUT2D eigenvalue weighted by Crippen LogP contribution is -2.34. The Hall–Kier alpha value is -2.66. The van der Waals surface area contributed by atoms with Crippen molar-refractivity contribution in [2.24, 2.45) is 11.7 Å². The summed E-state index contributed by atoms with van der Waals surface area (Å²) in [4.78, 5) is 24.2. The molecule has 0 aliphatic rings. The Morgan fingerprint density at radius 2 is 1.75 bits per heavy atom. The molecule has 0 saturated heterocycles. The maximum atomic E-state index is 12.2. The third-order valence-electron chi connectivity index (χ3n) is 3.84. The zero-order chi connectivity index (χ0) is 17.5. The normalized spacial score (nSPS) is 13.0. The van der Waals surface area contributed by atoms with E-state index < -0.39 is 0 Å². The molecule has 5 nitrogen and oxygen atoms in total. The van der Waals surface area contributed by atoms with Crippen LogP contribution in [-0.2, 0) is 4.79 Å². The Bertz CT molecular complexity index is 701. The van der Waals surface area contributed by atoms with Gasteiger partial charge in [-0.25, -0.2) is 0 Å². The third-order valence-corrected chi connectivity index (χ3v) is 3.84. The molecule has 2 rings (SSSR count). The molecule has 0 aromatic heterocycles. The summed E-state index contributed by atoms with van der Waals surface area (Å²) in [5, 5.41) is 5.80. The summed E-state index contributed by atoms with van der Waals surface area (Å²) in [6.45, 7) is 4.00. The van der Waals surface area contributed by atoms with Gasteiger partial charge in [0.05, 0.1) is 6.04 Å². The monoisotopic (exact) mass is 325 g/mol. The first kappa shape index (κ1) is 17.7. The van der Waals surface area contributed by atoms with Crippen molar-refractivity contribution < 1.29 is 9.59 Å². The molecule has 2 amide bonds. The van der Waals surface area contributed by atoms with E-state index in [9.17, 15) is 9.59 Å². The van der Waals surface area contributed by atoms with E-state index in [1.54, 1.807) is 19.1 Å². The van der Waals surface area contributed by atoms with Gasteiger partial charge >= 0.3 is 0 Å². The molecule has 2 aromatic rings. The van der Waals surface area contributed by atoms with Crippen LogP contribution in [0, 0.1) is 5.92 Å². The summed E-state index contributed by atoms with van der Waals surface area (Å²) in [5.41, 5.74) is 7.72. The first-order valence-electron chi connectivity index (χ1n) is 7.98. The van der Waals surface area contributed by atoms with Crippen LogP contribution >= 0.6 is 0 Å². The topological polar surface area (TPSA) is 84.2 Å². The summed E-state index contributed by atoms with van der Waals surface area (Å²) in [6, 6.07) is 16.3. The van der Waals surface area contributed by atoms with Gasteiger partial charge in [0, 0.05) is 23.7 Å². The van der Waals surface area contributed by atoms with E-state index in [0.29, 0.717) is 17.8 Å². The molecular formula is C19H23N3O2. The van der Waals surface area contributed by atoms with E-state index in [4.69, 9.17) is 5.73 Å². The number of hydrogen-bond acceptors (Lipinski definition) is 3. The molecule has 2 aromatic carbocycles. The number of carbonyl (C=O) groups excluding carboxylic acids is 2. The highest BCUT2D eigenvalue weighted by molar-refractivity contribution is 6.04. The maximum absolute atomic E-state index is 12.2. The Balaban J connectivity index is 2.06. The van der Waals surface area contributed by atoms with Crippen molar-refractivity contribution >= 4 is 17.5 Å². The smallest absolute Gasteiger partial charge is 0.255 e. The van der Waals surface area contributed by atoms with Gasteiger partial charge in [0.2, 0.25) is 5.91 Å². The molecule has 0 bridgehead atoms. The van der Waals surface area contributed by atoms with Crippen molar-refractivity contribution in [3.05, 3.63) is 65.7 Å². The van der Waals surface area contributed by atoms with Gasteiger partial charge in [-0.1, -0.05) is 37.3 Å². The number of rotatable bonds is 6. The van der Waals surface area contributed by atoms with Crippen LogP contribution in [-0.4, -0.2) is 18.4 Å². The predicted octanol–water partition coefficient (Wildman–Crippen LogP) is 2.71. The van der Waals surface area contributed by atoms with E-state index in [2.05, 4.69) is 10.6 Å². The second kappa shape index (κ2) is 8.26. The van der Waals surface area contributed by atoms with Gasteiger partial charge in [0.25, 0.3) is 5.91 Å². The van der Waals surface area contributed by atoms with Gasteiger partial charge in [-0.05, 0) is 36.8 Å². The van der Waals surface area contributed by atoms with Gasteiger partial charge in [-0.3, -0.25) is 9.59 Å². The number of hydrogen-bond donors (Lipinski definition) is 3. The minimum absolute atomic E-state index is 0.0799. The van der Waals surface area contributed by atoms with E-state index >= 15 is 0 Å². The molecule has 4 N–H and O–H groups in total. The fourth-order valence-electron chi connectivity index (χ4n) is 2.22. The average Bonchev–Trinajstić information content (AvgIpc) is 2.61. The molecule has 126 valence electrons. The molecule has 0 aliphatic heterocycles. The summed E-state index contributed by atoms with van der Waals surface area (Å²) in [6.07, 6.45) is 0. The molecule has 5 heteroatoms. The number of benzene rings is 2. The Morgan fingerprint density at radius 1 is 1.04 bits per heavy atom. The molecule has 2 unspecified atom stereocenters. The van der Waals surface area contributed by atoms with Crippen LogP contribution in [0.5, 0.6) is 0 Å². The van der Waals surface area contributed by atoms with E-state index in [0.717, 1.165) is 5.56 Å². The van der Waals surface area contributed by atoms with Crippen LogP contribution in [0.4, 0.5) is 5.69 Å².